The second kappa shape index (κ2) is 2.69. The Morgan fingerprint density at radius 1 is 1.64 bits per heavy atom. The van der Waals surface area contributed by atoms with Crippen LogP contribution < -0.4 is 0 Å². The van der Waals surface area contributed by atoms with Gasteiger partial charge in [-0.1, -0.05) is 26.8 Å². The first-order chi connectivity index (χ1) is 6.44. The molecule has 0 aromatic heterocycles. The van der Waals surface area contributed by atoms with E-state index >= 15 is 0 Å². The number of hydrogen-bond donors (Lipinski definition) is 1. The summed E-state index contributed by atoms with van der Waals surface area (Å²) in [5, 5.41) is 10.2. The van der Waals surface area contributed by atoms with E-state index < -0.39 is 5.60 Å². The van der Waals surface area contributed by atoms with Crippen molar-refractivity contribution in [1.29, 1.82) is 0 Å². The molecule has 0 aliphatic heterocycles. The molecule has 0 aromatic rings. The van der Waals surface area contributed by atoms with Gasteiger partial charge in [-0.25, -0.2) is 0 Å². The third-order valence-electron chi connectivity index (χ3n) is 4.31. The van der Waals surface area contributed by atoms with Gasteiger partial charge in [-0.2, -0.15) is 0 Å². The Bertz CT molecular complexity index is 307. The number of hydrogen-bond acceptors (Lipinski definition) is 2. The van der Waals surface area contributed by atoms with Crippen molar-refractivity contribution in [3.8, 4) is 0 Å². The standard InChI is InChI=1S/C12H18O2/c1-4-9-5-6-12(14)7-11(9,3)10(13)8(12)2/h9,14H,2,4-7H2,1,3H3/t9-,11?,12?/m1/s1. The number of rotatable bonds is 1. The Morgan fingerprint density at radius 3 is 2.86 bits per heavy atom. The van der Waals surface area contributed by atoms with Gasteiger partial charge in [0.1, 0.15) is 0 Å². The molecule has 2 nitrogen and oxygen atoms in total. The number of aliphatic hydroxyl groups is 1. The molecule has 0 radical (unpaired) electrons. The maximum atomic E-state index is 12.0. The van der Waals surface area contributed by atoms with E-state index in [2.05, 4.69) is 13.5 Å². The topological polar surface area (TPSA) is 37.3 Å². The largest absolute Gasteiger partial charge is 0.385 e. The fraction of sp³-hybridized carbons (Fsp3) is 0.750. The van der Waals surface area contributed by atoms with Crippen LogP contribution in [0.25, 0.3) is 0 Å². The minimum absolute atomic E-state index is 0.101. The van der Waals surface area contributed by atoms with Crippen LogP contribution in [0.1, 0.15) is 39.5 Å². The first-order valence-electron chi connectivity index (χ1n) is 5.40. The molecule has 3 atom stereocenters. The molecule has 2 rings (SSSR count). The van der Waals surface area contributed by atoms with Gasteiger partial charge in [0.25, 0.3) is 0 Å². The molecular formula is C12H18O2. The van der Waals surface area contributed by atoms with Crippen LogP contribution in [-0.4, -0.2) is 16.5 Å². The van der Waals surface area contributed by atoms with Crippen molar-refractivity contribution < 1.29 is 9.90 Å². The molecule has 2 heteroatoms. The molecule has 0 aromatic carbocycles. The Balaban J connectivity index is 2.43. The van der Waals surface area contributed by atoms with E-state index in [1.165, 1.54) is 0 Å². The number of carbonyl (C=O) groups excluding carboxylic acids is 1. The lowest BCUT2D eigenvalue weighted by Gasteiger charge is -2.38. The molecule has 0 heterocycles. The van der Waals surface area contributed by atoms with Gasteiger partial charge >= 0.3 is 0 Å². The molecule has 1 N–H and O–H groups in total. The summed E-state index contributed by atoms with van der Waals surface area (Å²) in [6, 6.07) is 0. The smallest absolute Gasteiger partial charge is 0.167 e. The quantitative estimate of drug-likeness (QED) is 0.649. The zero-order valence-corrected chi connectivity index (χ0v) is 8.97. The summed E-state index contributed by atoms with van der Waals surface area (Å²) < 4.78 is 0. The van der Waals surface area contributed by atoms with Crippen molar-refractivity contribution in [3.05, 3.63) is 12.2 Å². The average molecular weight is 194 g/mol. The van der Waals surface area contributed by atoms with Gasteiger partial charge in [-0.3, -0.25) is 4.79 Å². The lowest BCUT2D eigenvalue weighted by Crippen LogP contribution is -2.38. The van der Waals surface area contributed by atoms with E-state index in [1.807, 2.05) is 6.92 Å². The van der Waals surface area contributed by atoms with Crippen molar-refractivity contribution in [1.82, 2.24) is 0 Å². The molecule has 0 spiro atoms. The molecule has 0 saturated heterocycles. The maximum absolute atomic E-state index is 12.0. The third-order valence-corrected chi connectivity index (χ3v) is 4.31. The Labute approximate surface area is 85.0 Å². The van der Waals surface area contributed by atoms with Crippen molar-refractivity contribution in [2.75, 3.05) is 0 Å². The zero-order chi connectivity index (χ0) is 10.6. The SMILES string of the molecule is C=C1C(=O)C2(C)CC1(O)CC[C@H]2CC. The predicted molar refractivity (Wildman–Crippen MR) is 54.8 cm³/mol. The first-order valence-corrected chi connectivity index (χ1v) is 5.40. The molecule has 2 aliphatic rings. The lowest BCUT2D eigenvalue weighted by molar-refractivity contribution is -0.125. The Morgan fingerprint density at radius 2 is 2.29 bits per heavy atom. The third kappa shape index (κ3) is 0.977. The van der Waals surface area contributed by atoms with Gasteiger partial charge in [0.15, 0.2) is 5.78 Å². The van der Waals surface area contributed by atoms with Gasteiger partial charge in [-0.15, -0.1) is 0 Å². The normalized spacial score (nSPS) is 47.2. The minimum Gasteiger partial charge on any atom is -0.385 e. The number of carbonyl (C=O) groups is 1. The van der Waals surface area contributed by atoms with Crippen molar-refractivity contribution >= 4 is 5.78 Å². The maximum Gasteiger partial charge on any atom is 0.167 e. The average Bonchev–Trinajstić information content (AvgIpc) is 2.27. The molecule has 2 bridgehead atoms. The summed E-state index contributed by atoms with van der Waals surface area (Å²) in [7, 11) is 0. The molecule has 0 amide bonds. The summed E-state index contributed by atoms with van der Waals surface area (Å²) in [6.45, 7) is 7.88. The van der Waals surface area contributed by atoms with Gasteiger partial charge in [-0.05, 0) is 25.2 Å². The van der Waals surface area contributed by atoms with Crippen LogP contribution >= 0.6 is 0 Å². The fourth-order valence-corrected chi connectivity index (χ4v) is 3.31. The molecule has 78 valence electrons. The molecule has 2 unspecified atom stereocenters. The summed E-state index contributed by atoms with van der Waals surface area (Å²) in [6.07, 6.45) is 3.28. The summed E-state index contributed by atoms with van der Waals surface area (Å²) in [5.74, 6) is 0.527. The number of Topliss-reactive ketones (excluding diaryl/α,β-unsaturated/α-hetero) is 1. The van der Waals surface area contributed by atoms with E-state index in [0.29, 0.717) is 24.3 Å². The number of ketones is 1. The van der Waals surface area contributed by atoms with E-state index in [9.17, 15) is 9.90 Å². The van der Waals surface area contributed by atoms with Gasteiger partial charge in [0, 0.05) is 11.0 Å². The summed E-state index contributed by atoms with van der Waals surface area (Å²) in [5.41, 5.74) is -0.757. The summed E-state index contributed by atoms with van der Waals surface area (Å²) in [4.78, 5) is 12.0. The zero-order valence-electron chi connectivity index (χ0n) is 8.97. The van der Waals surface area contributed by atoms with Gasteiger partial charge in [0.2, 0.25) is 0 Å². The highest BCUT2D eigenvalue weighted by Gasteiger charge is 2.59. The lowest BCUT2D eigenvalue weighted by atomic mass is 9.66. The fourth-order valence-electron chi connectivity index (χ4n) is 3.31. The molecule has 14 heavy (non-hydrogen) atoms. The van der Waals surface area contributed by atoms with E-state index in [4.69, 9.17) is 0 Å². The van der Waals surface area contributed by atoms with Gasteiger partial charge in [0.05, 0.1) is 5.60 Å². The van der Waals surface area contributed by atoms with E-state index in [0.717, 1.165) is 12.8 Å². The summed E-state index contributed by atoms with van der Waals surface area (Å²) >= 11 is 0. The molecule has 2 saturated carbocycles. The molecule has 2 aliphatic carbocycles. The highest BCUT2D eigenvalue weighted by Crippen LogP contribution is 2.56. The van der Waals surface area contributed by atoms with Crippen molar-refractivity contribution in [2.24, 2.45) is 11.3 Å². The number of fused-ring (bicyclic) bond motifs is 2. The highest BCUT2D eigenvalue weighted by molar-refractivity contribution is 6.04. The van der Waals surface area contributed by atoms with Crippen LogP contribution in [0.2, 0.25) is 0 Å². The molecule has 2 fully saturated rings. The predicted octanol–water partition coefficient (Wildman–Crippen LogP) is 2.07. The van der Waals surface area contributed by atoms with Crippen LogP contribution in [0.4, 0.5) is 0 Å². The minimum atomic E-state index is -0.877. The van der Waals surface area contributed by atoms with Crippen LogP contribution in [-0.2, 0) is 4.79 Å². The van der Waals surface area contributed by atoms with E-state index in [-0.39, 0.29) is 11.2 Å². The Kier molecular flexibility index (Phi) is 1.91. The second-order valence-corrected chi connectivity index (χ2v) is 5.08. The van der Waals surface area contributed by atoms with Gasteiger partial charge < -0.3 is 5.11 Å². The van der Waals surface area contributed by atoms with Crippen LogP contribution in [0, 0.1) is 11.3 Å². The van der Waals surface area contributed by atoms with Crippen molar-refractivity contribution in [3.63, 3.8) is 0 Å². The van der Waals surface area contributed by atoms with Crippen molar-refractivity contribution in [2.45, 2.75) is 45.1 Å². The van der Waals surface area contributed by atoms with Crippen LogP contribution in [0.5, 0.6) is 0 Å². The molecular weight excluding hydrogens is 176 g/mol. The monoisotopic (exact) mass is 194 g/mol. The second-order valence-electron chi connectivity index (χ2n) is 5.08. The highest BCUT2D eigenvalue weighted by atomic mass is 16.3. The Hall–Kier alpha value is -0.630. The van der Waals surface area contributed by atoms with Crippen LogP contribution in [0.3, 0.4) is 0 Å². The van der Waals surface area contributed by atoms with E-state index in [1.54, 1.807) is 0 Å². The first kappa shape index (κ1) is 9.91. The van der Waals surface area contributed by atoms with Crippen LogP contribution in [0.15, 0.2) is 12.2 Å².